The summed E-state index contributed by atoms with van der Waals surface area (Å²) in [5.74, 6) is -3.88. The predicted molar refractivity (Wildman–Crippen MR) is 98.9 cm³/mol. The maximum absolute atomic E-state index is 13.1. The Morgan fingerprint density at radius 3 is 2.29 bits per heavy atom. The van der Waals surface area contributed by atoms with Gasteiger partial charge in [-0.2, -0.15) is 0 Å². The zero-order valence-electron chi connectivity index (χ0n) is 15.9. The molecule has 0 spiro atoms. The van der Waals surface area contributed by atoms with Crippen molar-refractivity contribution in [3.05, 3.63) is 30.1 Å². The van der Waals surface area contributed by atoms with Gasteiger partial charge in [-0.25, -0.2) is 4.39 Å². The highest BCUT2D eigenvalue weighted by Crippen LogP contribution is 2.25. The van der Waals surface area contributed by atoms with E-state index in [-0.39, 0.29) is 24.8 Å². The number of rotatable bonds is 7. The van der Waals surface area contributed by atoms with E-state index in [4.69, 9.17) is 5.11 Å². The van der Waals surface area contributed by atoms with Gasteiger partial charge < -0.3 is 20.6 Å². The average molecular weight is 393 g/mol. The van der Waals surface area contributed by atoms with Crippen LogP contribution >= 0.6 is 0 Å². The molecule has 1 heterocycles. The first-order valence-electron chi connectivity index (χ1n) is 8.99. The van der Waals surface area contributed by atoms with E-state index < -0.39 is 41.6 Å². The van der Waals surface area contributed by atoms with Gasteiger partial charge >= 0.3 is 5.97 Å². The number of carbonyl (C=O) groups excluding carboxylic acids is 3. The van der Waals surface area contributed by atoms with E-state index in [1.165, 1.54) is 36.1 Å². The van der Waals surface area contributed by atoms with Gasteiger partial charge in [0.25, 0.3) is 0 Å². The molecule has 3 atom stereocenters. The molecule has 152 valence electrons. The van der Waals surface area contributed by atoms with Crippen LogP contribution in [0, 0.1) is 17.7 Å². The molecule has 3 amide bonds. The number of anilines is 1. The minimum absolute atomic E-state index is 0.0266. The van der Waals surface area contributed by atoms with Gasteiger partial charge in [-0.1, -0.05) is 13.8 Å². The average Bonchev–Trinajstić information content (AvgIpc) is 3.01. The molecule has 0 aromatic heterocycles. The van der Waals surface area contributed by atoms with E-state index >= 15 is 0 Å². The van der Waals surface area contributed by atoms with Crippen LogP contribution in [0.1, 0.15) is 27.2 Å². The number of carbonyl (C=O) groups is 4. The van der Waals surface area contributed by atoms with Gasteiger partial charge in [0, 0.05) is 18.7 Å². The fraction of sp³-hybridized carbons (Fsp3) is 0.474. The van der Waals surface area contributed by atoms with Gasteiger partial charge in [0.2, 0.25) is 17.7 Å². The summed E-state index contributed by atoms with van der Waals surface area (Å²) in [4.78, 5) is 49.5. The Hall–Kier alpha value is -2.97. The minimum atomic E-state index is -1.18. The van der Waals surface area contributed by atoms with Crippen molar-refractivity contribution in [3.8, 4) is 0 Å². The highest BCUT2D eigenvalue weighted by Gasteiger charge is 2.37. The molecule has 1 aliphatic rings. The minimum Gasteiger partial charge on any atom is -0.480 e. The molecule has 28 heavy (non-hydrogen) atoms. The number of benzene rings is 1. The molecule has 1 aromatic rings. The van der Waals surface area contributed by atoms with Crippen molar-refractivity contribution in [1.82, 2.24) is 10.6 Å². The zero-order valence-corrected chi connectivity index (χ0v) is 15.9. The Bertz CT molecular complexity index is 765. The SMILES string of the molecule is CC(C)[C@@H](NC(=O)C1CC(=O)N(c2ccc(F)cc2)C1)C(=O)N[C@H](C)C(=O)O. The normalized spacial score (nSPS) is 18.7. The quantitative estimate of drug-likeness (QED) is 0.637. The second-order valence-corrected chi connectivity index (χ2v) is 7.18. The summed E-state index contributed by atoms with van der Waals surface area (Å²) in [5, 5.41) is 13.9. The topological polar surface area (TPSA) is 116 Å². The van der Waals surface area contributed by atoms with Gasteiger partial charge in [-0.05, 0) is 37.1 Å². The number of carboxylic acids is 1. The molecule has 0 bridgehead atoms. The monoisotopic (exact) mass is 393 g/mol. The fourth-order valence-electron chi connectivity index (χ4n) is 2.92. The summed E-state index contributed by atoms with van der Waals surface area (Å²) in [5.41, 5.74) is 0.495. The van der Waals surface area contributed by atoms with Crippen LogP contribution in [0.4, 0.5) is 10.1 Å². The van der Waals surface area contributed by atoms with Crippen molar-refractivity contribution in [2.75, 3.05) is 11.4 Å². The summed E-state index contributed by atoms with van der Waals surface area (Å²) in [7, 11) is 0. The van der Waals surface area contributed by atoms with Crippen molar-refractivity contribution in [1.29, 1.82) is 0 Å². The molecule has 0 radical (unpaired) electrons. The number of aliphatic carboxylic acids is 1. The Labute approximate surface area is 162 Å². The van der Waals surface area contributed by atoms with Crippen molar-refractivity contribution >= 4 is 29.4 Å². The molecule has 8 nitrogen and oxygen atoms in total. The Morgan fingerprint density at radius 1 is 1.14 bits per heavy atom. The van der Waals surface area contributed by atoms with E-state index in [2.05, 4.69) is 10.6 Å². The standard InChI is InChI=1S/C19H24FN3O5/c1-10(2)16(18(26)21-11(3)19(27)28)22-17(25)12-8-15(24)23(9-12)14-6-4-13(20)5-7-14/h4-7,10-12,16H,8-9H2,1-3H3,(H,21,26)(H,22,25)(H,27,28)/t11-,12?,16-/m1/s1. The molecule has 1 aliphatic heterocycles. The maximum atomic E-state index is 13.1. The number of nitrogens with one attached hydrogen (secondary N) is 2. The van der Waals surface area contributed by atoms with E-state index in [1.54, 1.807) is 13.8 Å². The third-order valence-corrected chi connectivity index (χ3v) is 4.61. The molecule has 0 aliphatic carbocycles. The molecule has 3 N–H and O–H groups in total. The van der Waals surface area contributed by atoms with E-state index in [1.807, 2.05) is 0 Å². The summed E-state index contributed by atoms with van der Waals surface area (Å²) in [6, 6.07) is 3.38. The van der Waals surface area contributed by atoms with Crippen LogP contribution < -0.4 is 15.5 Å². The molecule has 1 saturated heterocycles. The van der Waals surface area contributed by atoms with Gasteiger partial charge in [0.15, 0.2) is 0 Å². The third kappa shape index (κ3) is 5.05. The molecule has 1 unspecified atom stereocenters. The Morgan fingerprint density at radius 2 is 1.75 bits per heavy atom. The number of halogens is 1. The van der Waals surface area contributed by atoms with Crippen LogP contribution in [0.15, 0.2) is 24.3 Å². The van der Waals surface area contributed by atoms with Crippen LogP contribution in [-0.4, -0.2) is 47.4 Å². The van der Waals surface area contributed by atoms with Crippen molar-refractivity contribution < 1.29 is 28.7 Å². The largest absolute Gasteiger partial charge is 0.480 e. The van der Waals surface area contributed by atoms with Gasteiger partial charge in [-0.15, -0.1) is 0 Å². The summed E-state index contributed by atoms with van der Waals surface area (Å²) >= 11 is 0. The van der Waals surface area contributed by atoms with Crippen LogP contribution in [0.25, 0.3) is 0 Å². The van der Waals surface area contributed by atoms with Crippen LogP contribution in [0.3, 0.4) is 0 Å². The molecule has 9 heteroatoms. The summed E-state index contributed by atoms with van der Waals surface area (Å²) in [6.45, 7) is 4.89. The Balaban J connectivity index is 2.03. The maximum Gasteiger partial charge on any atom is 0.325 e. The number of amides is 3. The lowest BCUT2D eigenvalue weighted by molar-refractivity contribution is -0.142. The van der Waals surface area contributed by atoms with Crippen molar-refractivity contribution in [3.63, 3.8) is 0 Å². The van der Waals surface area contributed by atoms with Crippen molar-refractivity contribution in [2.45, 2.75) is 39.3 Å². The predicted octanol–water partition coefficient (Wildman–Crippen LogP) is 0.909. The van der Waals surface area contributed by atoms with Crippen LogP contribution in [-0.2, 0) is 19.2 Å². The lowest BCUT2D eigenvalue weighted by atomic mass is 10.0. The number of nitrogens with zero attached hydrogens (tertiary/aromatic N) is 1. The van der Waals surface area contributed by atoms with E-state index in [9.17, 15) is 23.6 Å². The molecule has 1 fully saturated rings. The number of hydrogen-bond donors (Lipinski definition) is 3. The van der Waals surface area contributed by atoms with Crippen LogP contribution in [0.2, 0.25) is 0 Å². The van der Waals surface area contributed by atoms with Gasteiger partial charge in [-0.3, -0.25) is 19.2 Å². The lowest BCUT2D eigenvalue weighted by Crippen LogP contribution is -2.54. The first kappa shape index (κ1) is 21.3. The Kier molecular flexibility index (Phi) is 6.71. The van der Waals surface area contributed by atoms with Crippen LogP contribution in [0.5, 0.6) is 0 Å². The molecular formula is C19H24FN3O5. The fourth-order valence-corrected chi connectivity index (χ4v) is 2.92. The zero-order chi connectivity index (χ0) is 21.0. The second-order valence-electron chi connectivity index (χ2n) is 7.18. The van der Waals surface area contributed by atoms with Gasteiger partial charge in [0.1, 0.15) is 17.9 Å². The van der Waals surface area contributed by atoms with E-state index in [0.717, 1.165) is 0 Å². The lowest BCUT2D eigenvalue weighted by Gasteiger charge is -2.24. The van der Waals surface area contributed by atoms with Crippen molar-refractivity contribution in [2.24, 2.45) is 11.8 Å². The molecule has 2 rings (SSSR count). The highest BCUT2D eigenvalue weighted by atomic mass is 19.1. The first-order valence-corrected chi connectivity index (χ1v) is 8.99. The molecule has 0 saturated carbocycles. The smallest absolute Gasteiger partial charge is 0.325 e. The number of hydrogen-bond acceptors (Lipinski definition) is 4. The summed E-state index contributed by atoms with van der Waals surface area (Å²) < 4.78 is 13.1. The second kappa shape index (κ2) is 8.81. The molecule has 1 aromatic carbocycles. The summed E-state index contributed by atoms with van der Waals surface area (Å²) in [6.07, 6.45) is -0.0266. The van der Waals surface area contributed by atoms with E-state index in [0.29, 0.717) is 5.69 Å². The first-order chi connectivity index (χ1) is 13.1. The number of carboxylic acid groups (broad SMARTS) is 1. The molecular weight excluding hydrogens is 369 g/mol. The highest BCUT2D eigenvalue weighted by molar-refractivity contribution is 6.01. The third-order valence-electron chi connectivity index (χ3n) is 4.61. The van der Waals surface area contributed by atoms with Gasteiger partial charge in [0.05, 0.1) is 5.92 Å².